The molecule has 0 aliphatic carbocycles. The number of nitrogens with zero attached hydrogens (tertiary/aromatic N) is 2. The highest BCUT2D eigenvalue weighted by molar-refractivity contribution is 7.09. The van der Waals surface area contributed by atoms with Gasteiger partial charge in [-0.25, -0.2) is 4.98 Å². The number of aliphatic hydroxyl groups is 1. The van der Waals surface area contributed by atoms with E-state index in [-0.39, 0.29) is 0 Å². The number of aliphatic hydroxyl groups excluding tert-OH is 1. The van der Waals surface area contributed by atoms with Crippen molar-refractivity contribution in [3.8, 4) is 0 Å². The second-order valence-electron chi connectivity index (χ2n) is 2.28. The van der Waals surface area contributed by atoms with Gasteiger partial charge in [0.15, 0.2) is 0 Å². The van der Waals surface area contributed by atoms with E-state index in [2.05, 4.69) is 15.0 Å². The van der Waals surface area contributed by atoms with E-state index >= 15 is 0 Å². The van der Waals surface area contributed by atoms with Gasteiger partial charge < -0.3 is 10.1 Å². The summed E-state index contributed by atoms with van der Waals surface area (Å²) in [7, 11) is 0. The predicted molar refractivity (Wildman–Crippen MR) is 44.8 cm³/mol. The van der Waals surface area contributed by atoms with Crippen LogP contribution in [0.15, 0.2) is 24.1 Å². The third-order valence-electron chi connectivity index (χ3n) is 1.50. The van der Waals surface area contributed by atoms with Gasteiger partial charge in [0.05, 0.1) is 10.4 Å². The molecular formula is C7H7N3OS. The lowest BCUT2D eigenvalue weighted by atomic mass is 10.3. The van der Waals surface area contributed by atoms with Crippen molar-refractivity contribution in [2.24, 2.45) is 0 Å². The average molecular weight is 181 g/mol. The number of H-pyrrole nitrogens is 1. The largest absolute Gasteiger partial charge is 0.379 e. The van der Waals surface area contributed by atoms with Crippen molar-refractivity contribution < 1.29 is 5.11 Å². The van der Waals surface area contributed by atoms with Crippen LogP contribution in [0.1, 0.15) is 16.8 Å². The summed E-state index contributed by atoms with van der Waals surface area (Å²) in [6.45, 7) is 0. The van der Waals surface area contributed by atoms with Crippen molar-refractivity contribution in [3.63, 3.8) is 0 Å². The monoisotopic (exact) mass is 181 g/mol. The molecule has 2 N–H and O–H groups in total. The Hall–Kier alpha value is -1.20. The van der Waals surface area contributed by atoms with Crippen LogP contribution in [0.4, 0.5) is 0 Å². The summed E-state index contributed by atoms with van der Waals surface area (Å²) >= 11 is 1.41. The van der Waals surface area contributed by atoms with E-state index in [4.69, 9.17) is 0 Å². The van der Waals surface area contributed by atoms with Gasteiger partial charge in [-0.15, -0.1) is 11.3 Å². The maximum absolute atomic E-state index is 9.65. The first-order chi connectivity index (χ1) is 5.88. The topological polar surface area (TPSA) is 61.8 Å². The second-order valence-corrected chi connectivity index (χ2v) is 3.20. The van der Waals surface area contributed by atoms with E-state index in [0.717, 1.165) is 4.88 Å². The smallest absolute Gasteiger partial charge is 0.147 e. The molecule has 0 bridgehead atoms. The van der Waals surface area contributed by atoms with Crippen molar-refractivity contribution in [3.05, 3.63) is 34.8 Å². The molecule has 0 saturated heterocycles. The molecule has 0 saturated carbocycles. The van der Waals surface area contributed by atoms with Gasteiger partial charge in [0.25, 0.3) is 0 Å². The minimum absolute atomic E-state index is 0.555. The fourth-order valence-electron chi connectivity index (χ4n) is 0.922. The molecule has 0 radical (unpaired) electrons. The van der Waals surface area contributed by atoms with Gasteiger partial charge in [-0.3, -0.25) is 4.98 Å². The van der Waals surface area contributed by atoms with Crippen molar-refractivity contribution in [1.29, 1.82) is 0 Å². The third kappa shape index (κ3) is 1.24. The number of hydrogen-bond acceptors (Lipinski definition) is 4. The van der Waals surface area contributed by atoms with E-state index in [9.17, 15) is 5.11 Å². The summed E-state index contributed by atoms with van der Waals surface area (Å²) < 4.78 is 0. The first kappa shape index (κ1) is 7.45. The minimum Gasteiger partial charge on any atom is -0.379 e. The molecule has 1 atom stereocenters. The summed E-state index contributed by atoms with van der Waals surface area (Å²) in [5, 5.41) is 9.65. The van der Waals surface area contributed by atoms with Crippen LogP contribution < -0.4 is 0 Å². The Kier molecular flexibility index (Phi) is 1.89. The first-order valence-corrected chi connectivity index (χ1v) is 4.31. The molecule has 2 aromatic rings. The molecule has 2 heterocycles. The quantitative estimate of drug-likeness (QED) is 0.725. The minimum atomic E-state index is -0.674. The van der Waals surface area contributed by atoms with Crippen LogP contribution in [0.5, 0.6) is 0 Å². The molecule has 1 unspecified atom stereocenters. The van der Waals surface area contributed by atoms with Gasteiger partial charge >= 0.3 is 0 Å². The highest BCUT2D eigenvalue weighted by Gasteiger charge is 2.13. The van der Waals surface area contributed by atoms with Crippen LogP contribution >= 0.6 is 11.3 Å². The number of rotatable bonds is 2. The Morgan fingerprint density at radius 1 is 1.58 bits per heavy atom. The van der Waals surface area contributed by atoms with Gasteiger partial charge in [-0.2, -0.15) is 0 Å². The zero-order valence-corrected chi connectivity index (χ0v) is 6.95. The summed E-state index contributed by atoms with van der Waals surface area (Å²) in [6, 6.07) is 0. The molecule has 2 rings (SSSR count). The van der Waals surface area contributed by atoms with Gasteiger partial charge in [-0.05, 0) is 0 Å². The number of hydrogen-bond donors (Lipinski definition) is 2. The Labute approximate surface area is 72.9 Å². The van der Waals surface area contributed by atoms with Crippen LogP contribution in [0, 0.1) is 0 Å². The van der Waals surface area contributed by atoms with Gasteiger partial charge in [0.1, 0.15) is 11.9 Å². The van der Waals surface area contributed by atoms with E-state index in [1.807, 2.05) is 0 Å². The standard InChI is InChI=1S/C7H7N3OS/c11-6(5-3-8-4-12-5)7-9-1-2-10-7/h1-4,6,11H,(H,9,10). The van der Waals surface area contributed by atoms with Gasteiger partial charge in [-0.1, -0.05) is 0 Å². The first-order valence-electron chi connectivity index (χ1n) is 3.43. The zero-order chi connectivity index (χ0) is 8.39. The second kappa shape index (κ2) is 3.04. The molecule has 0 aliphatic rings. The lowest BCUT2D eigenvalue weighted by molar-refractivity contribution is 0.214. The van der Waals surface area contributed by atoms with Crippen LogP contribution in [-0.2, 0) is 0 Å². The molecule has 62 valence electrons. The van der Waals surface area contributed by atoms with Gasteiger partial charge in [0.2, 0.25) is 0 Å². The number of aromatic nitrogens is 3. The van der Waals surface area contributed by atoms with Crippen LogP contribution in [-0.4, -0.2) is 20.1 Å². The summed E-state index contributed by atoms with van der Waals surface area (Å²) in [4.78, 5) is 11.5. The normalized spacial score (nSPS) is 13.1. The molecule has 0 spiro atoms. The number of nitrogens with one attached hydrogen (secondary N) is 1. The van der Waals surface area contributed by atoms with Gasteiger partial charge in [0, 0.05) is 18.6 Å². The van der Waals surface area contributed by atoms with Crippen LogP contribution in [0.2, 0.25) is 0 Å². The summed E-state index contributed by atoms with van der Waals surface area (Å²) in [5.74, 6) is 0.555. The molecule has 0 aromatic carbocycles. The maximum atomic E-state index is 9.65. The molecule has 0 amide bonds. The fourth-order valence-corrected chi connectivity index (χ4v) is 1.53. The molecular weight excluding hydrogens is 174 g/mol. The Balaban J connectivity index is 2.27. The Bertz CT molecular complexity index is 295. The number of thiazole rings is 1. The van der Waals surface area contributed by atoms with Crippen molar-refractivity contribution in [2.45, 2.75) is 6.10 Å². The van der Waals surface area contributed by atoms with Crippen molar-refractivity contribution in [2.75, 3.05) is 0 Å². The molecule has 0 aliphatic heterocycles. The Morgan fingerprint density at radius 2 is 2.50 bits per heavy atom. The van der Waals surface area contributed by atoms with E-state index in [0.29, 0.717) is 5.82 Å². The number of imidazole rings is 1. The van der Waals surface area contributed by atoms with E-state index in [1.54, 1.807) is 24.1 Å². The molecule has 2 aromatic heterocycles. The van der Waals surface area contributed by atoms with E-state index < -0.39 is 6.10 Å². The lowest BCUT2D eigenvalue weighted by Gasteiger charge is -2.02. The number of aromatic amines is 1. The summed E-state index contributed by atoms with van der Waals surface area (Å²) in [6.07, 6.45) is 4.25. The zero-order valence-electron chi connectivity index (χ0n) is 6.14. The SMILES string of the molecule is OC(c1ncc[nH]1)c1cncs1. The highest BCUT2D eigenvalue weighted by Crippen LogP contribution is 2.21. The Morgan fingerprint density at radius 3 is 3.08 bits per heavy atom. The lowest BCUT2D eigenvalue weighted by Crippen LogP contribution is -1.98. The van der Waals surface area contributed by atoms with Crippen LogP contribution in [0.3, 0.4) is 0 Å². The summed E-state index contributed by atoms with van der Waals surface area (Å²) in [5.41, 5.74) is 1.68. The molecule has 4 nitrogen and oxygen atoms in total. The molecule has 5 heteroatoms. The van der Waals surface area contributed by atoms with Crippen molar-refractivity contribution >= 4 is 11.3 Å². The maximum Gasteiger partial charge on any atom is 0.147 e. The fraction of sp³-hybridized carbons (Fsp3) is 0.143. The third-order valence-corrected chi connectivity index (χ3v) is 2.33. The predicted octanol–water partition coefficient (Wildman–Crippen LogP) is 0.948. The van der Waals surface area contributed by atoms with Crippen LogP contribution in [0.25, 0.3) is 0 Å². The average Bonchev–Trinajstić information content (AvgIpc) is 2.77. The van der Waals surface area contributed by atoms with E-state index in [1.165, 1.54) is 11.3 Å². The van der Waals surface area contributed by atoms with Crippen molar-refractivity contribution in [1.82, 2.24) is 15.0 Å². The molecule has 0 fully saturated rings. The molecule has 12 heavy (non-hydrogen) atoms. The highest BCUT2D eigenvalue weighted by atomic mass is 32.1.